The number of ketones is 1. The van der Waals surface area contributed by atoms with Crippen molar-refractivity contribution in [3.63, 3.8) is 0 Å². The molecular formula is C14H13NO4S. The summed E-state index contributed by atoms with van der Waals surface area (Å²) in [5.74, 6) is 0.0910. The van der Waals surface area contributed by atoms with Crippen LogP contribution in [-0.2, 0) is 0 Å². The van der Waals surface area contributed by atoms with Crippen LogP contribution in [0.2, 0.25) is 0 Å². The lowest BCUT2D eigenvalue weighted by molar-refractivity contribution is 0.0922. The lowest BCUT2D eigenvalue weighted by atomic mass is 10.2. The third-order valence-corrected chi connectivity index (χ3v) is 3.51. The molecule has 1 aromatic heterocycles. The van der Waals surface area contributed by atoms with Crippen molar-refractivity contribution in [3.05, 3.63) is 46.2 Å². The van der Waals surface area contributed by atoms with Crippen LogP contribution in [-0.4, -0.2) is 25.4 Å². The van der Waals surface area contributed by atoms with Crippen LogP contribution >= 0.6 is 11.3 Å². The maximum Gasteiger partial charge on any atom is 0.248 e. The molecule has 2 aromatic rings. The van der Waals surface area contributed by atoms with Gasteiger partial charge in [-0.05, 0) is 29.6 Å². The number of amides is 1. The zero-order valence-corrected chi connectivity index (χ0v) is 11.6. The molecule has 0 saturated carbocycles. The molecule has 0 aliphatic rings. The van der Waals surface area contributed by atoms with Crippen LogP contribution in [0.4, 0.5) is 0 Å². The van der Waals surface area contributed by atoms with Crippen molar-refractivity contribution < 1.29 is 19.1 Å². The van der Waals surface area contributed by atoms with Gasteiger partial charge >= 0.3 is 0 Å². The number of Topliss-reactive ketones (excluding diaryl/α,β-unsaturated/α-hetero) is 1. The molecule has 5 nitrogen and oxygen atoms in total. The SMILES string of the molecule is COc1cc(C(N)=O)ccc1OCC(=O)c1cccs1. The summed E-state index contributed by atoms with van der Waals surface area (Å²) in [6.07, 6.45) is 0. The van der Waals surface area contributed by atoms with Crippen molar-refractivity contribution in [2.75, 3.05) is 13.7 Å². The molecule has 0 aliphatic carbocycles. The van der Waals surface area contributed by atoms with Gasteiger partial charge in [-0.25, -0.2) is 0 Å². The minimum absolute atomic E-state index is 0.0905. The molecule has 0 aliphatic heterocycles. The number of nitrogens with two attached hydrogens (primary N) is 1. The van der Waals surface area contributed by atoms with Crippen molar-refractivity contribution in [3.8, 4) is 11.5 Å². The van der Waals surface area contributed by atoms with Gasteiger partial charge in [-0.3, -0.25) is 9.59 Å². The predicted octanol–water partition coefficient (Wildman–Crippen LogP) is 2.12. The third-order valence-electron chi connectivity index (χ3n) is 2.60. The van der Waals surface area contributed by atoms with E-state index < -0.39 is 5.91 Å². The van der Waals surface area contributed by atoms with Gasteiger partial charge in [-0.2, -0.15) is 0 Å². The molecule has 6 heteroatoms. The number of rotatable bonds is 6. The highest BCUT2D eigenvalue weighted by Crippen LogP contribution is 2.28. The molecule has 104 valence electrons. The van der Waals surface area contributed by atoms with Gasteiger partial charge in [0.2, 0.25) is 11.7 Å². The number of hydrogen-bond donors (Lipinski definition) is 1. The molecule has 2 rings (SSSR count). The van der Waals surface area contributed by atoms with E-state index in [1.54, 1.807) is 18.2 Å². The number of carbonyl (C=O) groups excluding carboxylic acids is 2. The first-order valence-electron chi connectivity index (χ1n) is 5.79. The predicted molar refractivity (Wildman–Crippen MR) is 75.7 cm³/mol. The van der Waals surface area contributed by atoms with E-state index in [-0.39, 0.29) is 12.4 Å². The summed E-state index contributed by atoms with van der Waals surface area (Å²) in [5.41, 5.74) is 5.50. The van der Waals surface area contributed by atoms with E-state index in [4.69, 9.17) is 15.2 Å². The van der Waals surface area contributed by atoms with E-state index >= 15 is 0 Å². The second kappa shape index (κ2) is 6.21. The lowest BCUT2D eigenvalue weighted by Gasteiger charge is -2.10. The molecule has 0 fully saturated rings. The first-order valence-corrected chi connectivity index (χ1v) is 6.67. The Hall–Kier alpha value is -2.34. The maximum absolute atomic E-state index is 11.8. The quantitative estimate of drug-likeness (QED) is 0.827. The molecule has 0 unspecified atom stereocenters. The number of methoxy groups -OCH3 is 1. The van der Waals surface area contributed by atoms with Crippen LogP contribution in [0.25, 0.3) is 0 Å². The zero-order valence-electron chi connectivity index (χ0n) is 10.8. The summed E-state index contributed by atoms with van der Waals surface area (Å²) in [6.45, 7) is -0.0905. The second-order valence-electron chi connectivity index (χ2n) is 3.92. The van der Waals surface area contributed by atoms with E-state index in [2.05, 4.69) is 0 Å². The topological polar surface area (TPSA) is 78.6 Å². The molecular weight excluding hydrogens is 278 g/mol. The summed E-state index contributed by atoms with van der Waals surface area (Å²) < 4.78 is 10.5. The zero-order chi connectivity index (χ0) is 14.5. The molecule has 1 amide bonds. The molecule has 2 N–H and O–H groups in total. The van der Waals surface area contributed by atoms with Crippen LogP contribution < -0.4 is 15.2 Å². The Balaban J connectivity index is 2.09. The number of primary amides is 1. The van der Waals surface area contributed by atoms with E-state index in [9.17, 15) is 9.59 Å². The standard InChI is InChI=1S/C14H13NO4S/c1-18-12-7-9(14(15)17)4-5-11(12)19-8-10(16)13-3-2-6-20-13/h2-7H,8H2,1H3,(H2,15,17). The van der Waals surface area contributed by atoms with Gasteiger partial charge in [-0.1, -0.05) is 6.07 Å². The number of ether oxygens (including phenoxy) is 2. The fourth-order valence-corrected chi connectivity index (χ4v) is 2.24. The second-order valence-corrected chi connectivity index (χ2v) is 4.87. The number of benzene rings is 1. The molecule has 1 aromatic carbocycles. The smallest absolute Gasteiger partial charge is 0.248 e. The minimum Gasteiger partial charge on any atom is -0.493 e. The van der Waals surface area contributed by atoms with E-state index in [0.717, 1.165) is 0 Å². The van der Waals surface area contributed by atoms with Crippen molar-refractivity contribution in [1.29, 1.82) is 0 Å². The van der Waals surface area contributed by atoms with Crippen LogP contribution in [0.5, 0.6) is 11.5 Å². The van der Waals surface area contributed by atoms with Gasteiger partial charge in [-0.15, -0.1) is 11.3 Å². The Bertz CT molecular complexity index is 622. The highest BCUT2D eigenvalue weighted by atomic mass is 32.1. The molecule has 0 radical (unpaired) electrons. The lowest BCUT2D eigenvalue weighted by Crippen LogP contribution is -2.13. The van der Waals surface area contributed by atoms with Crippen molar-refractivity contribution in [2.24, 2.45) is 5.73 Å². The fraction of sp³-hybridized carbons (Fsp3) is 0.143. The average molecular weight is 291 g/mol. The highest BCUT2D eigenvalue weighted by Gasteiger charge is 2.12. The Labute approximate surface area is 119 Å². The monoisotopic (exact) mass is 291 g/mol. The summed E-state index contributed by atoms with van der Waals surface area (Å²) in [7, 11) is 1.45. The van der Waals surface area contributed by atoms with Gasteiger partial charge < -0.3 is 15.2 Å². The van der Waals surface area contributed by atoms with Crippen molar-refractivity contribution >= 4 is 23.0 Å². The Morgan fingerprint density at radius 1 is 1.25 bits per heavy atom. The Morgan fingerprint density at radius 2 is 2.05 bits per heavy atom. The summed E-state index contributed by atoms with van der Waals surface area (Å²) in [4.78, 5) is 23.5. The summed E-state index contributed by atoms with van der Waals surface area (Å²) >= 11 is 1.36. The first kappa shape index (κ1) is 14.1. The van der Waals surface area contributed by atoms with Crippen molar-refractivity contribution in [1.82, 2.24) is 0 Å². The normalized spacial score (nSPS) is 10.1. The van der Waals surface area contributed by atoms with E-state index in [1.807, 2.05) is 5.38 Å². The molecule has 0 atom stereocenters. The van der Waals surface area contributed by atoms with Gasteiger partial charge in [0.1, 0.15) is 0 Å². The first-order chi connectivity index (χ1) is 9.61. The largest absolute Gasteiger partial charge is 0.493 e. The van der Waals surface area contributed by atoms with Crippen LogP contribution in [0, 0.1) is 0 Å². The van der Waals surface area contributed by atoms with Gasteiger partial charge in [0.05, 0.1) is 12.0 Å². The molecule has 0 bridgehead atoms. The maximum atomic E-state index is 11.8. The van der Waals surface area contributed by atoms with Crippen molar-refractivity contribution in [2.45, 2.75) is 0 Å². The summed E-state index contributed by atoms with van der Waals surface area (Å²) in [6, 6.07) is 8.10. The molecule has 20 heavy (non-hydrogen) atoms. The molecule has 0 spiro atoms. The number of hydrogen-bond acceptors (Lipinski definition) is 5. The number of carbonyl (C=O) groups is 2. The number of thiophene rings is 1. The molecule has 0 saturated heterocycles. The van der Waals surface area contributed by atoms with E-state index in [1.165, 1.54) is 30.6 Å². The highest BCUT2D eigenvalue weighted by molar-refractivity contribution is 7.12. The van der Waals surface area contributed by atoms with Crippen LogP contribution in [0.15, 0.2) is 35.7 Å². The minimum atomic E-state index is -0.551. The average Bonchev–Trinajstić information content (AvgIpc) is 2.98. The van der Waals surface area contributed by atoms with Gasteiger partial charge in [0.25, 0.3) is 0 Å². The van der Waals surface area contributed by atoms with Gasteiger partial charge in [0.15, 0.2) is 18.1 Å². The third kappa shape index (κ3) is 3.16. The molecule has 1 heterocycles. The fourth-order valence-electron chi connectivity index (χ4n) is 1.59. The Morgan fingerprint density at radius 3 is 2.65 bits per heavy atom. The van der Waals surface area contributed by atoms with Crippen LogP contribution in [0.3, 0.4) is 0 Å². The van der Waals surface area contributed by atoms with Crippen LogP contribution in [0.1, 0.15) is 20.0 Å². The van der Waals surface area contributed by atoms with Gasteiger partial charge in [0, 0.05) is 5.56 Å². The van der Waals surface area contributed by atoms with E-state index in [0.29, 0.717) is 21.9 Å². The summed E-state index contributed by atoms with van der Waals surface area (Å²) in [5, 5.41) is 1.83. The Kier molecular flexibility index (Phi) is 4.37.